The van der Waals surface area contributed by atoms with Gasteiger partial charge in [0.15, 0.2) is 6.10 Å². The van der Waals surface area contributed by atoms with Gasteiger partial charge in [0, 0.05) is 43.1 Å². The van der Waals surface area contributed by atoms with Gasteiger partial charge < -0.3 is 39.2 Å². The number of aliphatic hydroxyl groups excluding tert-OH is 1. The molecule has 3 saturated carbocycles. The fourth-order valence-corrected chi connectivity index (χ4v) is 11.3. The third-order valence-corrected chi connectivity index (χ3v) is 13.7. The van der Waals surface area contributed by atoms with Crippen LogP contribution in [0, 0.1) is 28.6 Å². The summed E-state index contributed by atoms with van der Waals surface area (Å²) in [6.07, 6.45) is -3.21. The number of methoxy groups -OCH3 is 1. The number of carbonyl (C=O) groups is 4. The highest BCUT2D eigenvalue weighted by Crippen LogP contribution is 2.69. The van der Waals surface area contributed by atoms with Crippen LogP contribution in [0.3, 0.4) is 0 Å². The van der Waals surface area contributed by atoms with Crippen LogP contribution in [-0.2, 0) is 33.3 Å². The number of nitrogens with one attached hydrogen (secondary N) is 1. The van der Waals surface area contributed by atoms with Crippen molar-refractivity contribution in [2.24, 2.45) is 28.6 Å². The fourth-order valence-electron chi connectivity index (χ4n) is 11.3. The van der Waals surface area contributed by atoms with Gasteiger partial charge in [0.25, 0.3) is 0 Å². The number of rotatable bonds is 9. The van der Waals surface area contributed by atoms with Gasteiger partial charge in [0.1, 0.15) is 29.0 Å². The normalized spacial score (nSPS) is 33.7. The summed E-state index contributed by atoms with van der Waals surface area (Å²) in [5, 5.41) is 28.1. The van der Waals surface area contributed by atoms with Crippen LogP contribution in [0.1, 0.15) is 116 Å². The van der Waals surface area contributed by atoms with E-state index in [4.69, 9.17) is 23.7 Å². The summed E-state index contributed by atoms with van der Waals surface area (Å²) in [5.41, 5.74) is -3.42. The molecular weight excluding hydrogens is 743 g/mol. The maximum absolute atomic E-state index is 14.3. The minimum absolute atomic E-state index is 0.115. The van der Waals surface area contributed by atoms with Gasteiger partial charge in [-0.25, -0.2) is 14.4 Å². The predicted molar refractivity (Wildman–Crippen MR) is 214 cm³/mol. The minimum Gasteiger partial charge on any atom is -0.458 e. The molecule has 11 atom stereocenters. The maximum Gasteiger partial charge on any atom is 0.408 e. The lowest BCUT2D eigenvalue weighted by Gasteiger charge is -2.69. The molecule has 3 N–H and O–H groups in total. The van der Waals surface area contributed by atoms with E-state index in [1.54, 1.807) is 88.5 Å². The summed E-state index contributed by atoms with van der Waals surface area (Å²) < 4.78 is 31.1. The molecule has 12 heteroatoms. The van der Waals surface area contributed by atoms with Crippen LogP contribution in [0.15, 0.2) is 71.8 Å². The highest BCUT2D eigenvalue weighted by molar-refractivity contribution is 5.89. The van der Waals surface area contributed by atoms with Gasteiger partial charge in [-0.15, -0.1) is 0 Å². The topological polar surface area (TPSA) is 167 Å². The summed E-state index contributed by atoms with van der Waals surface area (Å²) in [4.78, 5) is 54.6. The Kier molecular flexibility index (Phi) is 11.7. The van der Waals surface area contributed by atoms with Gasteiger partial charge in [0.05, 0.1) is 17.7 Å². The van der Waals surface area contributed by atoms with Gasteiger partial charge in [0.2, 0.25) is 0 Å². The second-order valence-corrected chi connectivity index (χ2v) is 18.8. The SMILES string of the molecule is CO[C@H]1C[C@H]2CC[C@@]2(OC(C)=O)[C@H]2[C@H](OC(=O)c3ccccc3)[C@]3(O)C[C@H](OC(=O)[C@H](O)[C@@H](NC(=O)OC(C)(C)C)c4ccccc4)C(C)=C([C@@H](C)C[C@]12C)C3(C)C. The van der Waals surface area contributed by atoms with E-state index < -0.39 is 81.9 Å². The first kappa shape index (κ1) is 43.3. The molecule has 58 heavy (non-hydrogen) atoms. The second kappa shape index (κ2) is 15.7. The molecule has 0 radical (unpaired) electrons. The Morgan fingerprint density at radius 2 is 1.55 bits per heavy atom. The average Bonchev–Trinajstić information content (AvgIpc) is 3.13. The van der Waals surface area contributed by atoms with E-state index >= 15 is 0 Å². The molecule has 0 heterocycles. The quantitative estimate of drug-likeness (QED) is 0.135. The van der Waals surface area contributed by atoms with E-state index in [0.717, 1.165) is 12.0 Å². The van der Waals surface area contributed by atoms with Gasteiger partial charge in [-0.05, 0) is 82.6 Å². The summed E-state index contributed by atoms with van der Waals surface area (Å²) in [6, 6.07) is 15.9. The number of alkyl carbamates (subject to hydrolysis) is 1. The molecule has 3 fully saturated rings. The number of fused-ring (bicyclic) bond motifs is 5. The molecule has 4 aliphatic carbocycles. The van der Waals surface area contributed by atoms with Crippen molar-refractivity contribution in [3.63, 3.8) is 0 Å². The van der Waals surface area contributed by atoms with Gasteiger partial charge in [-0.3, -0.25) is 4.79 Å². The number of ether oxygens (including phenoxy) is 5. The molecule has 4 aliphatic rings. The van der Waals surface area contributed by atoms with Crippen LogP contribution in [0.5, 0.6) is 0 Å². The van der Waals surface area contributed by atoms with Gasteiger partial charge >= 0.3 is 24.0 Å². The van der Waals surface area contributed by atoms with Crippen LogP contribution in [0.4, 0.5) is 4.79 Å². The van der Waals surface area contributed by atoms with Crippen molar-refractivity contribution >= 4 is 24.0 Å². The molecule has 0 spiro atoms. The highest BCUT2D eigenvalue weighted by Gasteiger charge is 2.74. The number of hydrogen-bond acceptors (Lipinski definition) is 11. The van der Waals surface area contributed by atoms with E-state index in [2.05, 4.69) is 19.2 Å². The standard InChI is InChI=1S/C46H61NO11/c1-26-24-44(9)33(54-10)23-31-21-22-45(31,57-28(3)48)37(44)38(56-39(50)30-19-15-12-16-20-30)46(53)25-32(27(2)34(26)43(46,7)8)55-40(51)36(49)35(29-17-13-11-14-18-29)47-41(52)58-42(4,5)6/h11-20,26,31-33,35-38,49,53H,21-25H2,1-10H3,(H,47,52)/t26-,31+,32-,33-,35-,36+,37-,38-,44+,45-,46+/m0/s1. The molecule has 2 bridgehead atoms. The molecule has 1 amide bonds. The van der Waals surface area contributed by atoms with Crippen molar-refractivity contribution in [2.45, 2.75) is 142 Å². The van der Waals surface area contributed by atoms with Crippen LogP contribution in [0.25, 0.3) is 0 Å². The van der Waals surface area contributed by atoms with E-state index in [9.17, 15) is 29.4 Å². The monoisotopic (exact) mass is 803 g/mol. The van der Waals surface area contributed by atoms with Gasteiger partial charge in [-0.2, -0.15) is 0 Å². The van der Waals surface area contributed by atoms with Crippen LogP contribution in [0.2, 0.25) is 0 Å². The summed E-state index contributed by atoms with van der Waals surface area (Å²) in [6.45, 7) is 16.4. The third kappa shape index (κ3) is 7.56. The Morgan fingerprint density at radius 1 is 0.931 bits per heavy atom. The molecule has 0 saturated heterocycles. The number of esters is 3. The molecule has 316 valence electrons. The zero-order valence-corrected chi connectivity index (χ0v) is 35.5. The lowest BCUT2D eigenvalue weighted by molar-refractivity contribution is -0.306. The zero-order valence-electron chi connectivity index (χ0n) is 35.5. The van der Waals surface area contributed by atoms with Gasteiger partial charge in [-0.1, -0.05) is 81.8 Å². The van der Waals surface area contributed by atoms with Crippen molar-refractivity contribution in [1.29, 1.82) is 0 Å². The smallest absolute Gasteiger partial charge is 0.408 e. The van der Waals surface area contributed by atoms with Crippen molar-refractivity contribution < 1.29 is 53.1 Å². The summed E-state index contributed by atoms with van der Waals surface area (Å²) in [5.74, 6) is -3.23. The van der Waals surface area contributed by atoms with Crippen LogP contribution in [-0.4, -0.2) is 82.5 Å². The molecule has 6 rings (SSSR count). The first-order chi connectivity index (χ1) is 27.1. The number of aliphatic hydroxyl groups is 2. The molecular formula is C46H61NO11. The van der Waals surface area contributed by atoms with Crippen molar-refractivity contribution in [2.75, 3.05) is 7.11 Å². The second-order valence-electron chi connectivity index (χ2n) is 18.8. The van der Waals surface area contributed by atoms with Crippen molar-refractivity contribution in [1.82, 2.24) is 5.32 Å². The van der Waals surface area contributed by atoms with Crippen LogP contribution >= 0.6 is 0 Å². The summed E-state index contributed by atoms with van der Waals surface area (Å²) >= 11 is 0. The number of amides is 1. The lowest BCUT2D eigenvalue weighted by atomic mass is 9.40. The van der Waals surface area contributed by atoms with E-state index in [1.165, 1.54) is 6.92 Å². The molecule has 2 aromatic rings. The first-order valence-corrected chi connectivity index (χ1v) is 20.4. The largest absolute Gasteiger partial charge is 0.458 e. The van der Waals surface area contributed by atoms with Crippen LogP contribution < -0.4 is 5.32 Å². The number of benzene rings is 2. The average molecular weight is 804 g/mol. The highest BCUT2D eigenvalue weighted by atomic mass is 16.6. The molecule has 12 nitrogen and oxygen atoms in total. The number of hydrogen-bond donors (Lipinski definition) is 3. The Morgan fingerprint density at radius 3 is 2.10 bits per heavy atom. The van der Waals surface area contributed by atoms with Crippen molar-refractivity contribution in [3.05, 3.63) is 82.9 Å². The summed E-state index contributed by atoms with van der Waals surface area (Å²) in [7, 11) is 1.67. The molecule has 2 aromatic carbocycles. The predicted octanol–water partition coefficient (Wildman–Crippen LogP) is 7.02. The minimum atomic E-state index is -1.92. The maximum atomic E-state index is 14.3. The lowest BCUT2D eigenvalue weighted by Crippen LogP contribution is -2.76. The van der Waals surface area contributed by atoms with E-state index in [1.807, 2.05) is 20.8 Å². The molecule has 0 unspecified atom stereocenters. The first-order valence-electron chi connectivity index (χ1n) is 20.4. The van der Waals surface area contributed by atoms with E-state index in [0.29, 0.717) is 30.4 Å². The van der Waals surface area contributed by atoms with E-state index in [-0.39, 0.29) is 29.9 Å². The molecule has 0 aromatic heterocycles. The molecule has 0 aliphatic heterocycles. The number of carbonyl (C=O) groups excluding carboxylic acids is 4. The Bertz CT molecular complexity index is 1910. The Labute approximate surface area is 342 Å². The third-order valence-electron chi connectivity index (χ3n) is 13.7. The Balaban J connectivity index is 1.47. The van der Waals surface area contributed by atoms with Crippen molar-refractivity contribution in [3.8, 4) is 0 Å². The fraction of sp³-hybridized carbons (Fsp3) is 0.609. The zero-order chi connectivity index (χ0) is 42.6. The Hall–Kier alpha value is -4.26.